The first-order valence-corrected chi connectivity index (χ1v) is 13.3. The number of halogens is 2. The highest BCUT2D eigenvalue weighted by molar-refractivity contribution is 5.91. The van der Waals surface area contributed by atoms with Crippen molar-refractivity contribution >= 4 is 17.1 Å². The van der Waals surface area contributed by atoms with E-state index in [9.17, 15) is 13.6 Å². The summed E-state index contributed by atoms with van der Waals surface area (Å²) in [6.07, 6.45) is 12.0. The van der Waals surface area contributed by atoms with Gasteiger partial charge in [-0.1, -0.05) is 32.0 Å². The molecule has 0 bridgehead atoms. The standard InChI is InChI=1S/C32H35F2N3O2/c1-21(2)39-27-17-23(16-26(38)9-7-6-8-13-32(4,5)34)15-25(18-27)30-20-35-31-19-24(12-14-37(30)31)29-11-10-28(33)22(3)36-29/h7,9-12,14-15,17-22H,4,6,8,13,16H2,1-3,5H3/q-2/b9-7-. The van der Waals surface area contributed by atoms with Gasteiger partial charge in [0.2, 0.25) is 0 Å². The maximum atomic E-state index is 13.7. The Morgan fingerprint density at radius 3 is 2.77 bits per heavy atom. The first kappa shape index (κ1) is 28.3. The third kappa shape index (κ3) is 7.65. The number of ketones is 1. The lowest BCUT2D eigenvalue weighted by Gasteiger charge is -2.34. The molecule has 3 aromatic rings. The second kappa shape index (κ2) is 12.0. The zero-order chi connectivity index (χ0) is 28.2. The fraction of sp³-hybridized carbons (Fsp3) is 0.344. The van der Waals surface area contributed by atoms with Crippen LogP contribution in [0.25, 0.3) is 27.9 Å². The number of nitrogens with zero attached hydrogens (tertiary/aromatic N) is 3. The summed E-state index contributed by atoms with van der Waals surface area (Å²) in [5, 5.41) is 4.43. The zero-order valence-electron chi connectivity index (χ0n) is 23.0. The number of pyridine rings is 1. The van der Waals surface area contributed by atoms with Crippen LogP contribution in [0, 0.1) is 6.92 Å². The summed E-state index contributed by atoms with van der Waals surface area (Å²) in [4.78, 5) is 17.3. The fourth-order valence-corrected chi connectivity index (χ4v) is 4.45. The zero-order valence-corrected chi connectivity index (χ0v) is 23.0. The van der Waals surface area contributed by atoms with Crippen molar-refractivity contribution in [2.45, 2.75) is 71.2 Å². The molecule has 2 aromatic heterocycles. The first-order chi connectivity index (χ1) is 18.5. The van der Waals surface area contributed by atoms with Crippen molar-refractivity contribution in [3.8, 4) is 17.0 Å². The van der Waals surface area contributed by atoms with E-state index in [4.69, 9.17) is 4.74 Å². The minimum Gasteiger partial charge on any atom is -0.676 e. The van der Waals surface area contributed by atoms with E-state index in [1.807, 2.05) is 54.8 Å². The van der Waals surface area contributed by atoms with E-state index in [0.717, 1.165) is 28.0 Å². The number of imidazole rings is 1. The molecule has 7 heteroatoms. The molecule has 2 unspecified atom stereocenters. The van der Waals surface area contributed by atoms with Crippen molar-refractivity contribution in [1.82, 2.24) is 9.38 Å². The molecule has 1 aliphatic rings. The average Bonchev–Trinajstić information content (AvgIpc) is 3.27. The molecule has 1 aliphatic heterocycles. The lowest BCUT2D eigenvalue weighted by molar-refractivity contribution is -0.114. The summed E-state index contributed by atoms with van der Waals surface area (Å²) < 4.78 is 35.2. The summed E-state index contributed by atoms with van der Waals surface area (Å²) in [5.41, 5.74) is 3.40. The van der Waals surface area contributed by atoms with Crippen LogP contribution in [0.1, 0.15) is 58.1 Å². The van der Waals surface area contributed by atoms with Gasteiger partial charge in [0, 0.05) is 18.2 Å². The van der Waals surface area contributed by atoms with Gasteiger partial charge in [-0.3, -0.25) is 13.6 Å². The van der Waals surface area contributed by atoms with Gasteiger partial charge in [0.15, 0.2) is 5.78 Å². The van der Waals surface area contributed by atoms with E-state index in [1.54, 1.807) is 31.3 Å². The second-order valence-corrected chi connectivity index (χ2v) is 10.6. The molecule has 5 nitrogen and oxygen atoms in total. The molecule has 39 heavy (non-hydrogen) atoms. The highest BCUT2D eigenvalue weighted by atomic mass is 19.1. The van der Waals surface area contributed by atoms with Gasteiger partial charge in [-0.2, -0.15) is 0 Å². The van der Waals surface area contributed by atoms with Crippen LogP contribution in [0.4, 0.5) is 8.78 Å². The molecule has 2 atom stereocenters. The van der Waals surface area contributed by atoms with Gasteiger partial charge in [0.1, 0.15) is 11.4 Å². The Labute approximate surface area is 229 Å². The Hall–Kier alpha value is -3.74. The van der Waals surface area contributed by atoms with Crippen LogP contribution in [0.15, 0.2) is 72.9 Å². The van der Waals surface area contributed by atoms with E-state index in [2.05, 4.69) is 17.2 Å². The molecule has 3 heterocycles. The number of carbonyl (C=O) groups excluding carboxylic acids is 1. The van der Waals surface area contributed by atoms with E-state index in [0.29, 0.717) is 30.7 Å². The van der Waals surface area contributed by atoms with Crippen molar-refractivity contribution < 1.29 is 18.3 Å². The fourth-order valence-electron chi connectivity index (χ4n) is 4.45. The number of hydrogen-bond acceptors (Lipinski definition) is 3. The third-order valence-electron chi connectivity index (χ3n) is 6.33. The summed E-state index contributed by atoms with van der Waals surface area (Å²) in [5.74, 6) is 0.384. The van der Waals surface area contributed by atoms with Crippen LogP contribution in [-0.4, -0.2) is 33.0 Å². The maximum Gasteiger partial charge on any atom is 0.159 e. The molecule has 0 radical (unpaired) electrons. The predicted octanol–water partition coefficient (Wildman–Crippen LogP) is 8.16. The van der Waals surface area contributed by atoms with E-state index < -0.39 is 11.7 Å². The van der Waals surface area contributed by atoms with Crippen LogP contribution in [-0.2, 0) is 11.2 Å². The average molecular weight is 532 g/mol. The number of benzene rings is 1. The Kier molecular flexibility index (Phi) is 8.68. The van der Waals surface area contributed by atoms with Crippen molar-refractivity contribution in [3.05, 3.63) is 96.2 Å². The van der Waals surface area contributed by atoms with Gasteiger partial charge in [0.05, 0.1) is 23.8 Å². The third-order valence-corrected chi connectivity index (χ3v) is 6.33. The van der Waals surface area contributed by atoms with Gasteiger partial charge < -0.3 is 17.0 Å². The normalized spacial score (nSPS) is 17.2. The maximum absolute atomic E-state index is 13.7. The van der Waals surface area contributed by atoms with E-state index >= 15 is 0 Å². The van der Waals surface area contributed by atoms with Crippen molar-refractivity contribution in [2.75, 3.05) is 0 Å². The molecule has 0 spiro atoms. The Balaban J connectivity index is 1.57. The monoisotopic (exact) mass is 531 g/mol. The number of fused-ring (bicyclic) bond motifs is 1. The number of ether oxygens (including phenoxy) is 1. The van der Waals surface area contributed by atoms with Crippen molar-refractivity contribution in [2.24, 2.45) is 0 Å². The Morgan fingerprint density at radius 2 is 2.05 bits per heavy atom. The van der Waals surface area contributed by atoms with Gasteiger partial charge in [-0.25, -0.2) is 9.37 Å². The topological polar surface area (TPSA) is 57.7 Å². The molecule has 0 amide bonds. The van der Waals surface area contributed by atoms with Crippen LogP contribution in [0.2, 0.25) is 0 Å². The molecule has 1 aromatic carbocycles. The first-order valence-electron chi connectivity index (χ1n) is 13.3. The van der Waals surface area contributed by atoms with Gasteiger partial charge in [0.25, 0.3) is 0 Å². The smallest absolute Gasteiger partial charge is 0.159 e. The van der Waals surface area contributed by atoms with Gasteiger partial charge >= 0.3 is 0 Å². The van der Waals surface area contributed by atoms with Crippen LogP contribution >= 0.6 is 0 Å². The van der Waals surface area contributed by atoms with Crippen molar-refractivity contribution in [1.29, 1.82) is 0 Å². The molecule has 0 fully saturated rings. The molecule has 4 rings (SSSR count). The van der Waals surface area contributed by atoms with Crippen LogP contribution in [0.5, 0.6) is 5.75 Å². The number of rotatable bonds is 11. The Bertz CT molecular complexity index is 1430. The number of alkyl halides is 1. The molecule has 206 valence electrons. The van der Waals surface area contributed by atoms with E-state index in [1.165, 1.54) is 13.0 Å². The largest absolute Gasteiger partial charge is 0.676 e. The molecule has 0 saturated carbocycles. The lowest BCUT2D eigenvalue weighted by Crippen LogP contribution is -2.11. The molecular formula is C32H35F2N3O2-2. The number of allylic oxidation sites excluding steroid dienone is 4. The highest BCUT2D eigenvalue weighted by Gasteiger charge is 2.13. The summed E-state index contributed by atoms with van der Waals surface area (Å²) in [7, 11) is 0. The minimum atomic E-state index is -1.44. The van der Waals surface area contributed by atoms with Gasteiger partial charge in [-0.15, -0.1) is 5.70 Å². The molecular weight excluding hydrogens is 496 g/mol. The Morgan fingerprint density at radius 1 is 1.26 bits per heavy atom. The molecule has 0 N–H and O–H groups in total. The molecule has 0 aliphatic carbocycles. The number of aromatic nitrogens is 2. The number of hydrogen-bond donors (Lipinski definition) is 0. The quantitative estimate of drug-likeness (QED) is 0.142. The summed E-state index contributed by atoms with van der Waals surface area (Å²) >= 11 is 0. The van der Waals surface area contributed by atoms with Crippen molar-refractivity contribution in [3.63, 3.8) is 0 Å². The predicted molar refractivity (Wildman–Crippen MR) is 153 cm³/mol. The number of unbranched alkanes of at least 4 members (excludes halogenated alkanes) is 1. The number of carbonyl (C=O) groups is 1. The van der Waals surface area contributed by atoms with E-state index in [-0.39, 0.29) is 24.1 Å². The highest BCUT2D eigenvalue weighted by Crippen LogP contribution is 2.33. The lowest BCUT2D eigenvalue weighted by atomic mass is 10.0. The van der Waals surface area contributed by atoms with Gasteiger partial charge in [-0.05, 0) is 92.4 Å². The summed E-state index contributed by atoms with van der Waals surface area (Å²) in [6, 6.07) is 9.16. The molecule has 0 saturated heterocycles. The van der Waals surface area contributed by atoms with Crippen LogP contribution in [0.3, 0.4) is 0 Å². The minimum absolute atomic E-state index is 0.0310. The summed E-state index contributed by atoms with van der Waals surface area (Å²) in [6.45, 7) is 10.6. The second-order valence-electron chi connectivity index (χ2n) is 10.6. The van der Waals surface area contributed by atoms with Crippen LogP contribution < -0.4 is 4.74 Å². The SMILES string of the molecule is [CH2-]C(C)(F)CCC/C=C\C(=O)Cc1cc(OC(C)C)cc(-c2cnc3cc(C4=CC=C(F)C(C)[N-]4)ccn23)c1.